The molecule has 2 atom stereocenters. The second-order valence-electron chi connectivity index (χ2n) is 10.8. The summed E-state index contributed by atoms with van der Waals surface area (Å²) >= 11 is 2.35. The van der Waals surface area contributed by atoms with Crippen LogP contribution in [-0.2, 0) is 16.2 Å². The molecule has 0 aliphatic heterocycles. The Morgan fingerprint density at radius 1 is 1.21 bits per heavy atom. The molecule has 2 amide bonds. The van der Waals surface area contributed by atoms with Crippen molar-refractivity contribution in [3.05, 3.63) is 41.7 Å². The van der Waals surface area contributed by atoms with Crippen molar-refractivity contribution < 1.29 is 14.3 Å². The molecule has 1 saturated carbocycles. The number of hydrogen-bond donors (Lipinski definition) is 3. The van der Waals surface area contributed by atoms with Crippen molar-refractivity contribution in [3.63, 3.8) is 0 Å². The van der Waals surface area contributed by atoms with Crippen LogP contribution in [0, 0.1) is 0 Å². The predicted molar refractivity (Wildman–Crippen MR) is 154 cm³/mol. The van der Waals surface area contributed by atoms with Gasteiger partial charge in [0.25, 0.3) is 5.91 Å². The third-order valence-electron chi connectivity index (χ3n) is 6.67. The van der Waals surface area contributed by atoms with Gasteiger partial charge in [0.1, 0.15) is 22.5 Å². The van der Waals surface area contributed by atoms with Crippen LogP contribution in [-0.4, -0.2) is 54.4 Å². The molecule has 1 aliphatic carbocycles. The van der Waals surface area contributed by atoms with Crippen LogP contribution in [0.4, 0.5) is 4.79 Å². The van der Waals surface area contributed by atoms with Gasteiger partial charge in [0.05, 0.1) is 17.3 Å². The molecule has 1 fully saturated rings. The SMILES string of the molecule is Cn1nc(-c2cnc3[nH]cc(C(=O)NC4CCCC(NC(=O)OC(C)(C)C)C4)c3n2)c2ccc(CI)cc21. The number of aryl methyl sites for hydroxylation is 1. The molecule has 2 unspecified atom stereocenters. The summed E-state index contributed by atoms with van der Waals surface area (Å²) in [6, 6.07) is 6.17. The zero-order valence-electron chi connectivity index (χ0n) is 22.0. The van der Waals surface area contributed by atoms with Crippen molar-refractivity contribution in [1.82, 2.24) is 35.4 Å². The molecular weight excluding hydrogens is 597 g/mol. The molecule has 5 rings (SSSR count). The molecule has 0 bridgehead atoms. The average Bonchev–Trinajstić information content (AvgIpc) is 3.43. The van der Waals surface area contributed by atoms with Crippen molar-refractivity contribution >= 4 is 56.7 Å². The number of carbonyl (C=O) groups is 2. The number of ether oxygens (including phenoxy) is 1. The predicted octanol–water partition coefficient (Wildman–Crippen LogP) is 5.01. The number of halogens is 1. The minimum atomic E-state index is -0.554. The highest BCUT2D eigenvalue weighted by atomic mass is 127. The van der Waals surface area contributed by atoms with Gasteiger partial charge in [-0.2, -0.15) is 5.10 Å². The number of hydrogen-bond acceptors (Lipinski definition) is 6. The number of aromatic nitrogens is 5. The highest BCUT2D eigenvalue weighted by Crippen LogP contribution is 2.29. The first kappa shape index (κ1) is 26.4. The fraction of sp³-hybridized carbons (Fsp3) is 0.444. The van der Waals surface area contributed by atoms with Gasteiger partial charge < -0.3 is 20.4 Å². The minimum Gasteiger partial charge on any atom is -0.444 e. The van der Waals surface area contributed by atoms with Crippen molar-refractivity contribution in [3.8, 4) is 11.4 Å². The lowest BCUT2D eigenvalue weighted by molar-refractivity contribution is 0.0489. The standard InChI is InChI=1S/C27H32IN7O3/c1-27(2,3)38-26(37)32-17-7-5-6-16(11-17)31-25(36)19-13-29-24-23(19)33-20(14-30-24)22-18-9-8-15(12-28)10-21(18)35(4)34-22/h8-10,13-14,16-17H,5-7,11-12H2,1-4H3,(H,29,30)(H,31,36)(H,32,37). The first-order chi connectivity index (χ1) is 18.1. The maximum atomic E-state index is 13.3. The Morgan fingerprint density at radius 2 is 1.97 bits per heavy atom. The number of fused-ring (bicyclic) bond motifs is 2. The van der Waals surface area contributed by atoms with E-state index in [4.69, 9.17) is 14.8 Å². The van der Waals surface area contributed by atoms with E-state index in [0.717, 1.165) is 40.3 Å². The fourth-order valence-corrected chi connectivity index (χ4v) is 5.42. The Hall–Kier alpha value is -3.22. The molecule has 38 heavy (non-hydrogen) atoms. The third-order valence-corrected chi connectivity index (χ3v) is 7.55. The number of alkyl halides is 1. The van der Waals surface area contributed by atoms with Crippen molar-refractivity contribution in [2.75, 3.05) is 0 Å². The van der Waals surface area contributed by atoms with Crippen LogP contribution in [0.25, 0.3) is 33.5 Å². The monoisotopic (exact) mass is 629 g/mol. The first-order valence-corrected chi connectivity index (χ1v) is 14.3. The van der Waals surface area contributed by atoms with E-state index in [1.54, 1.807) is 12.4 Å². The number of carbonyl (C=O) groups excluding carboxylic acids is 2. The number of alkyl carbamates (subject to hydrolysis) is 1. The Balaban J connectivity index is 1.34. The van der Waals surface area contributed by atoms with Crippen LogP contribution >= 0.6 is 22.6 Å². The molecule has 3 N–H and O–H groups in total. The fourth-order valence-electron chi connectivity index (χ4n) is 4.94. The lowest BCUT2D eigenvalue weighted by Gasteiger charge is -2.31. The minimum absolute atomic E-state index is 0.0524. The molecule has 0 radical (unpaired) electrons. The van der Waals surface area contributed by atoms with Gasteiger partial charge in [-0.15, -0.1) is 0 Å². The Morgan fingerprint density at radius 3 is 2.71 bits per heavy atom. The number of benzene rings is 1. The van der Waals surface area contributed by atoms with E-state index in [0.29, 0.717) is 28.8 Å². The summed E-state index contributed by atoms with van der Waals surface area (Å²) in [5.74, 6) is -0.219. The lowest BCUT2D eigenvalue weighted by Crippen LogP contribution is -2.46. The van der Waals surface area contributed by atoms with Gasteiger partial charge in [-0.25, -0.2) is 14.8 Å². The van der Waals surface area contributed by atoms with Crippen molar-refractivity contribution in [2.24, 2.45) is 7.05 Å². The zero-order valence-corrected chi connectivity index (χ0v) is 24.1. The third kappa shape index (κ3) is 5.62. The maximum Gasteiger partial charge on any atom is 0.407 e. The maximum absolute atomic E-state index is 13.3. The zero-order chi connectivity index (χ0) is 27.0. The van der Waals surface area contributed by atoms with Crippen LogP contribution < -0.4 is 10.6 Å². The number of nitrogens with one attached hydrogen (secondary N) is 3. The number of amides is 2. The molecule has 0 saturated heterocycles. The van der Waals surface area contributed by atoms with Crippen LogP contribution in [0.15, 0.2) is 30.6 Å². The van der Waals surface area contributed by atoms with Crippen LogP contribution in [0.1, 0.15) is 62.4 Å². The van der Waals surface area contributed by atoms with Crippen molar-refractivity contribution in [1.29, 1.82) is 0 Å². The summed E-state index contributed by atoms with van der Waals surface area (Å²) in [7, 11) is 1.92. The number of H-pyrrole nitrogens is 1. The highest BCUT2D eigenvalue weighted by molar-refractivity contribution is 14.1. The molecule has 0 spiro atoms. The smallest absolute Gasteiger partial charge is 0.407 e. The van der Waals surface area contributed by atoms with Gasteiger partial charge in [-0.05, 0) is 58.1 Å². The highest BCUT2D eigenvalue weighted by Gasteiger charge is 2.27. The largest absolute Gasteiger partial charge is 0.444 e. The molecule has 4 aromatic rings. The Bertz CT molecular complexity index is 1500. The second kappa shape index (κ2) is 10.5. The van der Waals surface area contributed by atoms with Crippen LogP contribution in [0.5, 0.6) is 0 Å². The van der Waals surface area contributed by atoms with E-state index in [-0.39, 0.29) is 18.0 Å². The summed E-state index contributed by atoms with van der Waals surface area (Å²) in [5.41, 5.74) is 4.51. The average molecular weight is 630 g/mol. The van der Waals surface area contributed by atoms with E-state index < -0.39 is 11.7 Å². The van der Waals surface area contributed by atoms with Crippen LogP contribution in [0.3, 0.4) is 0 Å². The lowest BCUT2D eigenvalue weighted by atomic mass is 9.91. The summed E-state index contributed by atoms with van der Waals surface area (Å²) in [6.45, 7) is 5.51. The summed E-state index contributed by atoms with van der Waals surface area (Å²) in [4.78, 5) is 37.9. The van der Waals surface area contributed by atoms with E-state index in [9.17, 15) is 9.59 Å². The van der Waals surface area contributed by atoms with Gasteiger partial charge in [0, 0.05) is 35.1 Å². The summed E-state index contributed by atoms with van der Waals surface area (Å²) in [6.07, 6.45) is 6.14. The molecule has 1 aromatic carbocycles. The molecule has 200 valence electrons. The number of nitrogens with zero attached hydrogens (tertiary/aromatic N) is 4. The van der Waals surface area contributed by atoms with E-state index in [1.165, 1.54) is 5.56 Å². The number of rotatable bonds is 5. The normalized spacial score (nSPS) is 18.0. The topological polar surface area (TPSA) is 127 Å². The Kier molecular flexibility index (Phi) is 7.30. The van der Waals surface area contributed by atoms with E-state index in [1.807, 2.05) is 32.5 Å². The second-order valence-corrected chi connectivity index (χ2v) is 11.6. The quantitative estimate of drug-likeness (QED) is 0.211. The first-order valence-electron chi connectivity index (χ1n) is 12.8. The van der Waals surface area contributed by atoms with Gasteiger partial charge in [0.15, 0.2) is 5.65 Å². The summed E-state index contributed by atoms with van der Waals surface area (Å²) < 4.78 is 8.15. The van der Waals surface area contributed by atoms with Crippen molar-refractivity contribution in [2.45, 2.75) is 68.6 Å². The van der Waals surface area contributed by atoms with E-state index in [2.05, 4.69) is 61.4 Å². The molecule has 11 heteroatoms. The van der Waals surface area contributed by atoms with Gasteiger partial charge in [0.2, 0.25) is 0 Å². The number of aromatic amines is 1. The van der Waals surface area contributed by atoms with E-state index >= 15 is 0 Å². The molecule has 3 heterocycles. The molecule has 3 aromatic heterocycles. The van der Waals surface area contributed by atoms with Gasteiger partial charge in [-0.1, -0.05) is 34.7 Å². The molecular formula is C27H32IN7O3. The molecule has 1 aliphatic rings. The van der Waals surface area contributed by atoms with Gasteiger partial charge in [-0.3, -0.25) is 9.48 Å². The molecule has 10 nitrogen and oxygen atoms in total. The van der Waals surface area contributed by atoms with Crippen LogP contribution in [0.2, 0.25) is 0 Å². The van der Waals surface area contributed by atoms with Gasteiger partial charge >= 0.3 is 6.09 Å². The Labute approximate surface area is 234 Å². The summed E-state index contributed by atoms with van der Waals surface area (Å²) in [5, 5.41) is 11.8.